The number of carbonyl (C=O) groups is 1. The highest BCUT2D eigenvalue weighted by atomic mass is 32.1. The summed E-state index contributed by atoms with van der Waals surface area (Å²) in [6.45, 7) is 5.70. The molecule has 150 valence electrons. The Hall–Kier alpha value is -3.06. The fraction of sp³-hybridized carbons (Fsp3) is 0.273. The van der Waals surface area contributed by atoms with Crippen LogP contribution in [0.4, 0.5) is 0 Å². The van der Waals surface area contributed by atoms with Crippen molar-refractivity contribution in [3.8, 4) is 11.5 Å². The van der Waals surface area contributed by atoms with Gasteiger partial charge in [-0.3, -0.25) is 14.2 Å². The summed E-state index contributed by atoms with van der Waals surface area (Å²) >= 11 is 0.983. The summed E-state index contributed by atoms with van der Waals surface area (Å²) < 4.78 is 12.8. The van der Waals surface area contributed by atoms with Crippen LogP contribution in [0.15, 0.2) is 47.3 Å². The van der Waals surface area contributed by atoms with Gasteiger partial charge in [-0.15, -0.1) is 0 Å². The molecule has 0 aliphatic carbocycles. The van der Waals surface area contributed by atoms with Crippen LogP contribution >= 0.6 is 11.3 Å². The number of aryl methyl sites for hydroxylation is 1. The normalized spacial score (nSPS) is 12.6. The van der Waals surface area contributed by atoms with Crippen LogP contribution in [0.1, 0.15) is 32.1 Å². The van der Waals surface area contributed by atoms with Gasteiger partial charge in [-0.1, -0.05) is 41.7 Å². The number of rotatable bonds is 5. The van der Waals surface area contributed by atoms with E-state index in [-0.39, 0.29) is 10.8 Å². The van der Waals surface area contributed by atoms with Gasteiger partial charge >= 0.3 is 4.87 Å². The number of hydrogen-bond acceptors (Lipinski definition) is 5. The van der Waals surface area contributed by atoms with Gasteiger partial charge in [0.25, 0.3) is 5.91 Å². The second-order valence-electron chi connectivity index (χ2n) is 6.96. The quantitative estimate of drug-likeness (QED) is 0.701. The van der Waals surface area contributed by atoms with Crippen molar-refractivity contribution in [2.75, 3.05) is 13.2 Å². The third-order valence-electron chi connectivity index (χ3n) is 5.00. The molecule has 0 saturated carbocycles. The number of amides is 1. The van der Waals surface area contributed by atoms with E-state index in [2.05, 4.69) is 5.32 Å². The lowest BCUT2D eigenvalue weighted by atomic mass is 10.1. The molecular weight excluding hydrogens is 388 g/mol. The molecule has 0 atom stereocenters. The van der Waals surface area contributed by atoms with Gasteiger partial charge in [0.2, 0.25) is 0 Å². The van der Waals surface area contributed by atoms with Gasteiger partial charge in [0.05, 0.1) is 6.54 Å². The monoisotopic (exact) mass is 410 g/mol. The highest BCUT2D eigenvalue weighted by Crippen LogP contribution is 2.30. The van der Waals surface area contributed by atoms with Crippen LogP contribution in [0.5, 0.6) is 11.5 Å². The highest BCUT2D eigenvalue weighted by Gasteiger charge is 2.18. The average molecular weight is 410 g/mol. The third kappa shape index (κ3) is 4.05. The van der Waals surface area contributed by atoms with E-state index in [1.807, 2.05) is 56.3 Å². The van der Waals surface area contributed by atoms with Crippen molar-refractivity contribution in [3.05, 3.63) is 79.4 Å². The Bertz CT molecular complexity index is 1120. The van der Waals surface area contributed by atoms with Crippen LogP contribution in [0.25, 0.3) is 0 Å². The second-order valence-corrected chi connectivity index (χ2v) is 7.92. The Balaban J connectivity index is 1.48. The number of benzene rings is 2. The minimum atomic E-state index is -0.247. The SMILES string of the molecule is Cc1ccccc1Cn1c(C)c(C(=O)NCc2ccc3c(c2)OCCO3)sc1=O. The van der Waals surface area contributed by atoms with Crippen molar-refractivity contribution >= 4 is 17.2 Å². The zero-order valence-corrected chi connectivity index (χ0v) is 17.2. The van der Waals surface area contributed by atoms with Crippen LogP contribution in [-0.2, 0) is 13.1 Å². The molecule has 0 unspecified atom stereocenters. The summed E-state index contributed by atoms with van der Waals surface area (Å²) in [7, 11) is 0. The van der Waals surface area contributed by atoms with Gasteiger partial charge in [-0.25, -0.2) is 0 Å². The topological polar surface area (TPSA) is 69.6 Å². The summed E-state index contributed by atoms with van der Waals surface area (Å²) in [6.07, 6.45) is 0. The molecule has 4 rings (SSSR count). The molecule has 0 bridgehead atoms. The standard InChI is InChI=1S/C22H22N2O4S/c1-14-5-3-4-6-17(14)13-24-15(2)20(29-22(24)26)21(25)23-12-16-7-8-18-19(11-16)28-10-9-27-18/h3-8,11H,9-10,12-13H2,1-2H3,(H,23,25). The molecule has 6 nitrogen and oxygen atoms in total. The molecule has 0 spiro atoms. The molecule has 1 aromatic heterocycles. The maximum atomic E-state index is 12.7. The molecule has 1 amide bonds. The lowest BCUT2D eigenvalue weighted by molar-refractivity contribution is 0.0953. The first-order valence-electron chi connectivity index (χ1n) is 9.44. The fourth-order valence-electron chi connectivity index (χ4n) is 3.29. The molecule has 2 aromatic carbocycles. The first-order valence-corrected chi connectivity index (χ1v) is 10.3. The van der Waals surface area contributed by atoms with Crippen molar-refractivity contribution in [2.24, 2.45) is 0 Å². The Morgan fingerprint density at radius 2 is 1.86 bits per heavy atom. The predicted octanol–water partition coefficient (Wildman–Crippen LogP) is 3.28. The molecule has 2 heterocycles. The predicted molar refractivity (Wildman–Crippen MR) is 112 cm³/mol. The van der Waals surface area contributed by atoms with Gasteiger partial charge in [-0.05, 0) is 42.7 Å². The van der Waals surface area contributed by atoms with Crippen LogP contribution in [-0.4, -0.2) is 23.7 Å². The fourth-order valence-corrected chi connectivity index (χ4v) is 4.20. The van der Waals surface area contributed by atoms with E-state index < -0.39 is 0 Å². The van der Waals surface area contributed by atoms with Crippen LogP contribution in [0, 0.1) is 13.8 Å². The Kier molecular flexibility index (Phi) is 5.40. The van der Waals surface area contributed by atoms with Gasteiger partial charge in [-0.2, -0.15) is 0 Å². The molecule has 0 saturated heterocycles. The van der Waals surface area contributed by atoms with Gasteiger partial charge in [0.15, 0.2) is 11.5 Å². The molecular formula is C22H22N2O4S. The number of thiazole rings is 1. The third-order valence-corrected chi connectivity index (χ3v) is 6.08. The zero-order chi connectivity index (χ0) is 20.4. The first-order chi connectivity index (χ1) is 14.0. The van der Waals surface area contributed by atoms with Crippen LogP contribution in [0.2, 0.25) is 0 Å². The molecule has 3 aromatic rings. The van der Waals surface area contributed by atoms with E-state index in [1.54, 1.807) is 4.57 Å². The van der Waals surface area contributed by atoms with Crippen LogP contribution in [0.3, 0.4) is 0 Å². The van der Waals surface area contributed by atoms with Crippen molar-refractivity contribution in [2.45, 2.75) is 26.9 Å². The summed E-state index contributed by atoms with van der Waals surface area (Å²) in [4.78, 5) is 25.5. The lowest BCUT2D eigenvalue weighted by Crippen LogP contribution is -2.23. The largest absolute Gasteiger partial charge is 0.486 e. The number of nitrogens with one attached hydrogen (secondary N) is 1. The van der Waals surface area contributed by atoms with E-state index in [0.717, 1.165) is 28.0 Å². The van der Waals surface area contributed by atoms with Crippen molar-refractivity contribution in [1.82, 2.24) is 9.88 Å². The summed E-state index contributed by atoms with van der Waals surface area (Å²) in [5.74, 6) is 1.16. The number of hydrogen-bond donors (Lipinski definition) is 1. The van der Waals surface area contributed by atoms with Crippen LogP contribution < -0.4 is 19.7 Å². The number of fused-ring (bicyclic) bond motifs is 1. The van der Waals surface area contributed by atoms with E-state index in [9.17, 15) is 9.59 Å². The van der Waals surface area contributed by atoms with Crippen molar-refractivity contribution < 1.29 is 14.3 Å². The van der Waals surface area contributed by atoms with E-state index in [1.165, 1.54) is 0 Å². The molecule has 0 radical (unpaired) electrons. The maximum absolute atomic E-state index is 12.7. The molecule has 7 heteroatoms. The van der Waals surface area contributed by atoms with E-state index >= 15 is 0 Å². The Morgan fingerprint density at radius 1 is 1.10 bits per heavy atom. The van der Waals surface area contributed by atoms with Gasteiger partial charge in [0, 0.05) is 12.2 Å². The highest BCUT2D eigenvalue weighted by molar-refractivity contribution is 7.11. The smallest absolute Gasteiger partial charge is 0.308 e. The molecule has 1 aliphatic rings. The minimum absolute atomic E-state index is 0.129. The lowest BCUT2D eigenvalue weighted by Gasteiger charge is -2.18. The summed E-state index contributed by atoms with van der Waals surface area (Å²) in [5.41, 5.74) is 3.78. The molecule has 1 aliphatic heterocycles. The van der Waals surface area contributed by atoms with E-state index in [0.29, 0.717) is 48.4 Å². The average Bonchev–Trinajstić information content (AvgIpc) is 3.01. The Labute approximate surface area is 172 Å². The molecule has 1 N–H and O–H groups in total. The molecule has 0 fully saturated rings. The minimum Gasteiger partial charge on any atom is -0.486 e. The Morgan fingerprint density at radius 3 is 2.66 bits per heavy atom. The van der Waals surface area contributed by atoms with Crippen molar-refractivity contribution in [3.63, 3.8) is 0 Å². The van der Waals surface area contributed by atoms with Gasteiger partial charge < -0.3 is 14.8 Å². The second kappa shape index (κ2) is 8.13. The summed E-state index contributed by atoms with van der Waals surface area (Å²) in [6, 6.07) is 13.6. The molecule has 29 heavy (non-hydrogen) atoms. The number of ether oxygens (including phenoxy) is 2. The number of carbonyl (C=O) groups excluding carboxylic acids is 1. The zero-order valence-electron chi connectivity index (χ0n) is 16.4. The first kappa shape index (κ1) is 19.3. The van der Waals surface area contributed by atoms with Gasteiger partial charge in [0.1, 0.15) is 18.1 Å². The number of nitrogens with zero attached hydrogens (tertiary/aromatic N) is 1. The van der Waals surface area contributed by atoms with E-state index in [4.69, 9.17) is 9.47 Å². The number of aromatic nitrogens is 1. The summed E-state index contributed by atoms with van der Waals surface area (Å²) in [5, 5.41) is 2.90. The van der Waals surface area contributed by atoms with Crippen molar-refractivity contribution in [1.29, 1.82) is 0 Å². The maximum Gasteiger partial charge on any atom is 0.308 e.